The van der Waals surface area contributed by atoms with Crippen LogP contribution in [0, 0.1) is 0 Å². The van der Waals surface area contributed by atoms with Crippen molar-refractivity contribution in [1.29, 1.82) is 0 Å². The summed E-state index contributed by atoms with van der Waals surface area (Å²) in [6, 6.07) is 9.30. The lowest BCUT2D eigenvalue weighted by molar-refractivity contribution is -0.129. The molecular formula is C20H26ClN5O2. The molecule has 0 radical (unpaired) electrons. The Kier molecular flexibility index (Phi) is 8.87. The molecule has 1 aromatic heterocycles. The first kappa shape index (κ1) is 21.8. The number of amides is 2. The SMILES string of the molecule is CNCCNC(=O)[C@H](Cc1ccncc1)NC(=O)[C@@H](N)Cc1ccc(Cl)cc1. The molecule has 0 saturated heterocycles. The Hall–Kier alpha value is -2.48. The van der Waals surface area contributed by atoms with Crippen LogP contribution in [0.4, 0.5) is 0 Å². The molecule has 1 aromatic carbocycles. The Balaban J connectivity index is 2.01. The number of rotatable bonds is 10. The van der Waals surface area contributed by atoms with Crippen molar-refractivity contribution in [3.63, 3.8) is 0 Å². The Bertz CT molecular complexity index is 755. The molecule has 0 fully saturated rings. The largest absolute Gasteiger partial charge is 0.353 e. The second-order valence-electron chi connectivity index (χ2n) is 6.45. The standard InChI is InChI=1S/C20H26ClN5O2/c1-23-10-11-25-20(28)18(13-15-6-8-24-9-7-15)26-19(27)17(22)12-14-2-4-16(21)5-3-14/h2-9,17-18,23H,10-13,22H2,1H3,(H,25,28)(H,26,27)/t17-,18-/m0/s1. The maximum atomic E-state index is 12.6. The first-order valence-corrected chi connectivity index (χ1v) is 9.49. The molecule has 2 atom stereocenters. The fourth-order valence-corrected chi connectivity index (χ4v) is 2.77. The van der Waals surface area contributed by atoms with Crippen LogP contribution in [0.1, 0.15) is 11.1 Å². The van der Waals surface area contributed by atoms with Gasteiger partial charge in [0, 0.05) is 36.9 Å². The van der Waals surface area contributed by atoms with Gasteiger partial charge in [0.15, 0.2) is 0 Å². The van der Waals surface area contributed by atoms with Gasteiger partial charge in [0.05, 0.1) is 6.04 Å². The molecule has 0 aliphatic carbocycles. The summed E-state index contributed by atoms with van der Waals surface area (Å²) in [6.07, 6.45) is 4.01. The van der Waals surface area contributed by atoms with Crippen molar-refractivity contribution in [3.8, 4) is 0 Å². The van der Waals surface area contributed by atoms with Crippen molar-refractivity contribution in [1.82, 2.24) is 20.9 Å². The highest BCUT2D eigenvalue weighted by Crippen LogP contribution is 2.11. The van der Waals surface area contributed by atoms with Crippen molar-refractivity contribution in [3.05, 3.63) is 64.9 Å². The van der Waals surface area contributed by atoms with Gasteiger partial charge in [-0.3, -0.25) is 14.6 Å². The molecule has 0 bridgehead atoms. The van der Waals surface area contributed by atoms with Crippen LogP contribution in [0.15, 0.2) is 48.8 Å². The van der Waals surface area contributed by atoms with Crippen LogP contribution in [-0.2, 0) is 22.4 Å². The molecule has 0 unspecified atom stereocenters. The van der Waals surface area contributed by atoms with Crippen molar-refractivity contribution in [2.24, 2.45) is 5.73 Å². The van der Waals surface area contributed by atoms with Crippen LogP contribution < -0.4 is 21.7 Å². The molecular weight excluding hydrogens is 378 g/mol. The number of nitrogens with two attached hydrogens (primary N) is 1. The summed E-state index contributed by atoms with van der Waals surface area (Å²) in [6.45, 7) is 1.10. The van der Waals surface area contributed by atoms with Crippen LogP contribution >= 0.6 is 11.6 Å². The number of carbonyl (C=O) groups excluding carboxylic acids is 2. The topological polar surface area (TPSA) is 109 Å². The average molecular weight is 404 g/mol. The zero-order chi connectivity index (χ0) is 20.4. The molecule has 150 valence electrons. The van der Waals surface area contributed by atoms with Crippen molar-refractivity contribution >= 4 is 23.4 Å². The average Bonchev–Trinajstić information content (AvgIpc) is 2.70. The highest BCUT2D eigenvalue weighted by atomic mass is 35.5. The summed E-state index contributed by atoms with van der Waals surface area (Å²) >= 11 is 5.88. The number of nitrogens with one attached hydrogen (secondary N) is 3. The molecule has 1 heterocycles. The van der Waals surface area contributed by atoms with Gasteiger partial charge in [-0.15, -0.1) is 0 Å². The van der Waals surface area contributed by atoms with Gasteiger partial charge in [-0.1, -0.05) is 23.7 Å². The maximum Gasteiger partial charge on any atom is 0.242 e. The van der Waals surface area contributed by atoms with Gasteiger partial charge in [0.25, 0.3) is 0 Å². The highest BCUT2D eigenvalue weighted by molar-refractivity contribution is 6.30. The lowest BCUT2D eigenvalue weighted by Gasteiger charge is -2.21. The van der Waals surface area contributed by atoms with Crippen LogP contribution in [0.5, 0.6) is 0 Å². The highest BCUT2D eigenvalue weighted by Gasteiger charge is 2.24. The van der Waals surface area contributed by atoms with E-state index in [2.05, 4.69) is 20.9 Å². The number of carbonyl (C=O) groups is 2. The van der Waals surface area contributed by atoms with E-state index in [1.807, 2.05) is 24.3 Å². The first-order valence-electron chi connectivity index (χ1n) is 9.11. The van der Waals surface area contributed by atoms with Gasteiger partial charge in [-0.05, 0) is 48.9 Å². The fourth-order valence-electron chi connectivity index (χ4n) is 2.64. The molecule has 8 heteroatoms. The molecule has 2 aromatic rings. The van der Waals surface area contributed by atoms with E-state index >= 15 is 0 Å². The minimum absolute atomic E-state index is 0.251. The zero-order valence-corrected chi connectivity index (χ0v) is 16.6. The molecule has 0 spiro atoms. The summed E-state index contributed by atoms with van der Waals surface area (Å²) in [4.78, 5) is 29.1. The predicted octanol–water partition coefficient (Wildman–Crippen LogP) is 0.668. The lowest BCUT2D eigenvalue weighted by atomic mass is 10.0. The molecule has 2 amide bonds. The van der Waals surface area contributed by atoms with Crippen LogP contribution in [0.2, 0.25) is 5.02 Å². The maximum absolute atomic E-state index is 12.6. The van der Waals surface area contributed by atoms with E-state index < -0.39 is 12.1 Å². The minimum atomic E-state index is -0.772. The third-order valence-corrected chi connectivity index (χ3v) is 4.45. The zero-order valence-electron chi connectivity index (χ0n) is 15.8. The number of hydrogen-bond donors (Lipinski definition) is 4. The number of benzene rings is 1. The molecule has 0 aliphatic rings. The Morgan fingerprint density at radius 1 is 1.00 bits per heavy atom. The normalized spacial score (nSPS) is 12.8. The summed E-state index contributed by atoms with van der Waals surface area (Å²) in [5.74, 6) is -0.628. The van der Waals surface area contributed by atoms with E-state index in [1.54, 1.807) is 31.6 Å². The quantitative estimate of drug-likeness (QED) is 0.436. The van der Waals surface area contributed by atoms with Gasteiger partial charge in [-0.25, -0.2) is 0 Å². The van der Waals surface area contributed by atoms with E-state index in [1.165, 1.54) is 0 Å². The van der Waals surface area contributed by atoms with Crippen LogP contribution in [0.25, 0.3) is 0 Å². The molecule has 28 heavy (non-hydrogen) atoms. The lowest BCUT2D eigenvalue weighted by Crippen LogP contribution is -2.53. The van der Waals surface area contributed by atoms with Crippen LogP contribution in [-0.4, -0.2) is 49.0 Å². The Labute approximate surface area is 170 Å². The second-order valence-corrected chi connectivity index (χ2v) is 6.89. The summed E-state index contributed by atoms with van der Waals surface area (Å²) in [5.41, 5.74) is 7.85. The van der Waals surface area contributed by atoms with E-state index in [9.17, 15) is 9.59 Å². The summed E-state index contributed by atoms with van der Waals surface area (Å²) < 4.78 is 0. The number of likely N-dealkylation sites (N-methyl/N-ethyl adjacent to an activating group) is 1. The number of nitrogens with zero attached hydrogens (tertiary/aromatic N) is 1. The van der Waals surface area contributed by atoms with Crippen molar-refractivity contribution < 1.29 is 9.59 Å². The Morgan fingerprint density at radius 3 is 2.29 bits per heavy atom. The molecule has 5 N–H and O–H groups in total. The number of halogens is 1. The van der Waals surface area contributed by atoms with Gasteiger partial charge in [0.2, 0.25) is 11.8 Å². The van der Waals surface area contributed by atoms with Crippen molar-refractivity contribution in [2.75, 3.05) is 20.1 Å². The molecule has 0 saturated carbocycles. The fraction of sp³-hybridized carbons (Fsp3) is 0.350. The second kappa shape index (κ2) is 11.4. The van der Waals surface area contributed by atoms with Gasteiger partial charge >= 0.3 is 0 Å². The number of hydrogen-bond acceptors (Lipinski definition) is 5. The Morgan fingerprint density at radius 2 is 1.64 bits per heavy atom. The minimum Gasteiger partial charge on any atom is -0.353 e. The predicted molar refractivity (Wildman–Crippen MR) is 110 cm³/mol. The summed E-state index contributed by atoms with van der Waals surface area (Å²) in [5, 5.41) is 9.18. The number of aromatic nitrogens is 1. The third kappa shape index (κ3) is 7.26. The van der Waals surface area contributed by atoms with Gasteiger partial charge in [0.1, 0.15) is 6.04 Å². The van der Waals surface area contributed by atoms with E-state index in [4.69, 9.17) is 17.3 Å². The van der Waals surface area contributed by atoms with E-state index in [-0.39, 0.29) is 11.8 Å². The molecule has 2 rings (SSSR count). The molecule has 0 aliphatic heterocycles. The van der Waals surface area contributed by atoms with Gasteiger partial charge < -0.3 is 21.7 Å². The van der Waals surface area contributed by atoms with Gasteiger partial charge in [-0.2, -0.15) is 0 Å². The number of pyridine rings is 1. The van der Waals surface area contributed by atoms with E-state index in [0.29, 0.717) is 31.0 Å². The monoisotopic (exact) mass is 403 g/mol. The van der Waals surface area contributed by atoms with Crippen LogP contribution in [0.3, 0.4) is 0 Å². The van der Waals surface area contributed by atoms with E-state index in [0.717, 1.165) is 11.1 Å². The first-order chi connectivity index (χ1) is 13.5. The summed E-state index contributed by atoms with van der Waals surface area (Å²) in [7, 11) is 1.80. The third-order valence-electron chi connectivity index (χ3n) is 4.20. The van der Waals surface area contributed by atoms with Crippen molar-refractivity contribution in [2.45, 2.75) is 24.9 Å². The smallest absolute Gasteiger partial charge is 0.242 e. The molecule has 7 nitrogen and oxygen atoms in total.